The Labute approximate surface area is 190 Å². The fourth-order valence-corrected chi connectivity index (χ4v) is 3.31. The van der Waals surface area contributed by atoms with Gasteiger partial charge in [0, 0.05) is 23.6 Å². The highest BCUT2D eigenvalue weighted by Crippen LogP contribution is 2.35. The van der Waals surface area contributed by atoms with E-state index in [1.165, 1.54) is 0 Å². The van der Waals surface area contributed by atoms with Crippen molar-refractivity contribution in [3.05, 3.63) is 60.1 Å². The highest BCUT2D eigenvalue weighted by Gasteiger charge is 2.47. The summed E-state index contributed by atoms with van der Waals surface area (Å²) in [4.78, 5) is 0. The lowest BCUT2D eigenvalue weighted by Gasteiger charge is -2.33. The second-order valence-corrected chi connectivity index (χ2v) is 7.51. The minimum absolute atomic E-state index is 0.00770. The number of halogens is 7. The maximum atomic E-state index is 14.6. The molecule has 3 rings (SSSR count). The molecular weight excluding hydrogens is 473 g/mol. The van der Waals surface area contributed by atoms with Crippen LogP contribution >= 0.6 is 0 Å². The molecule has 2 aromatic rings. The Morgan fingerprint density at radius 2 is 1.68 bits per heavy atom. The molecule has 11 heteroatoms. The van der Waals surface area contributed by atoms with Crippen LogP contribution in [0.25, 0.3) is 11.1 Å². The van der Waals surface area contributed by atoms with Gasteiger partial charge < -0.3 is 18.9 Å². The van der Waals surface area contributed by atoms with Gasteiger partial charge in [-0.2, -0.15) is 8.78 Å². The van der Waals surface area contributed by atoms with Crippen LogP contribution in [0.3, 0.4) is 0 Å². The Morgan fingerprint density at radius 3 is 2.24 bits per heavy atom. The fraction of sp³-hybridized carbons (Fsp3) is 0.391. The van der Waals surface area contributed by atoms with Gasteiger partial charge in [0.2, 0.25) is 0 Å². The Bertz CT molecular complexity index is 982. The van der Waals surface area contributed by atoms with Gasteiger partial charge in [-0.15, -0.1) is 0 Å². The number of benzene rings is 2. The summed E-state index contributed by atoms with van der Waals surface area (Å²) in [5.41, 5.74) is -0.604. The van der Waals surface area contributed by atoms with Crippen molar-refractivity contribution in [2.24, 2.45) is 5.92 Å². The van der Waals surface area contributed by atoms with Gasteiger partial charge in [0.05, 0.1) is 19.5 Å². The first-order valence-electron chi connectivity index (χ1n) is 10.3. The third-order valence-electron chi connectivity index (χ3n) is 4.85. The molecule has 0 N–H and O–H groups in total. The molecule has 0 saturated carbocycles. The predicted octanol–water partition coefficient (Wildman–Crippen LogP) is 6.69. The van der Waals surface area contributed by atoms with Crippen LogP contribution in [0.2, 0.25) is 0 Å². The van der Waals surface area contributed by atoms with Crippen molar-refractivity contribution in [1.82, 2.24) is 0 Å². The lowest BCUT2D eigenvalue weighted by atomic mass is 10.0. The van der Waals surface area contributed by atoms with E-state index in [4.69, 9.17) is 9.47 Å². The van der Waals surface area contributed by atoms with E-state index in [-0.39, 0.29) is 36.3 Å². The third-order valence-corrected chi connectivity index (χ3v) is 4.85. The van der Waals surface area contributed by atoms with Gasteiger partial charge in [-0.3, -0.25) is 0 Å². The standard InChI is InChI=1S/C23H21F7O4/c1-2-3-13-11-32-22(33-12-13)23(29,30)34-15-4-5-16(17(24)10-15)14-8-18(25)21(19(26)9-14)31-7-6-20(27)28/h4-10,13,20,22H,2-3,11-12H2,1H3/b7-6+. The Morgan fingerprint density at radius 1 is 1.03 bits per heavy atom. The molecular formula is C23H21F7O4. The van der Waals surface area contributed by atoms with Crippen molar-refractivity contribution >= 4 is 0 Å². The topological polar surface area (TPSA) is 36.9 Å². The van der Waals surface area contributed by atoms with Crippen LogP contribution in [-0.2, 0) is 9.47 Å². The van der Waals surface area contributed by atoms with Gasteiger partial charge in [-0.05, 0) is 36.2 Å². The Hall–Kier alpha value is -2.79. The average molecular weight is 494 g/mol. The molecule has 0 atom stereocenters. The summed E-state index contributed by atoms with van der Waals surface area (Å²) < 4.78 is 115. The Kier molecular flexibility index (Phi) is 8.42. The van der Waals surface area contributed by atoms with Gasteiger partial charge in [-0.25, -0.2) is 22.0 Å². The van der Waals surface area contributed by atoms with Gasteiger partial charge in [0.15, 0.2) is 17.4 Å². The zero-order valence-electron chi connectivity index (χ0n) is 17.9. The molecule has 1 aliphatic rings. The maximum absolute atomic E-state index is 14.6. The fourth-order valence-electron chi connectivity index (χ4n) is 3.31. The smallest absolute Gasteiger partial charge is 0.451 e. The third kappa shape index (κ3) is 6.41. The van der Waals surface area contributed by atoms with Gasteiger partial charge >= 0.3 is 6.11 Å². The molecule has 0 amide bonds. The van der Waals surface area contributed by atoms with Gasteiger partial charge in [0.25, 0.3) is 12.7 Å². The molecule has 4 nitrogen and oxygen atoms in total. The summed E-state index contributed by atoms with van der Waals surface area (Å²) in [5.74, 6) is -5.21. The number of alkyl halides is 4. The van der Waals surface area contributed by atoms with Crippen molar-refractivity contribution in [3.63, 3.8) is 0 Å². The normalized spacial score (nSPS) is 19.1. The first-order chi connectivity index (χ1) is 16.1. The minimum Gasteiger partial charge on any atom is -0.459 e. The zero-order valence-corrected chi connectivity index (χ0v) is 17.9. The number of hydrogen-bond donors (Lipinski definition) is 0. The van der Waals surface area contributed by atoms with Gasteiger partial charge in [-0.1, -0.05) is 13.3 Å². The van der Waals surface area contributed by atoms with E-state index in [0.29, 0.717) is 24.5 Å². The van der Waals surface area contributed by atoms with E-state index in [1.54, 1.807) is 0 Å². The van der Waals surface area contributed by atoms with E-state index >= 15 is 0 Å². The molecule has 34 heavy (non-hydrogen) atoms. The molecule has 1 fully saturated rings. The van der Waals surface area contributed by atoms with Crippen LogP contribution in [0.4, 0.5) is 30.7 Å². The molecule has 1 saturated heterocycles. The van der Waals surface area contributed by atoms with Crippen LogP contribution < -0.4 is 9.47 Å². The first kappa shape index (κ1) is 25.8. The largest absolute Gasteiger partial charge is 0.459 e. The van der Waals surface area contributed by atoms with Crippen molar-refractivity contribution in [3.8, 4) is 22.6 Å². The van der Waals surface area contributed by atoms with Gasteiger partial charge in [0.1, 0.15) is 11.6 Å². The molecule has 0 radical (unpaired) electrons. The van der Waals surface area contributed by atoms with Crippen LogP contribution in [-0.4, -0.2) is 32.0 Å². The lowest BCUT2D eigenvalue weighted by molar-refractivity contribution is -0.352. The molecule has 2 aromatic carbocycles. The first-order valence-corrected chi connectivity index (χ1v) is 10.3. The van der Waals surface area contributed by atoms with Crippen molar-refractivity contribution < 1.29 is 49.7 Å². The molecule has 186 valence electrons. The summed E-state index contributed by atoms with van der Waals surface area (Å²) in [6.45, 7) is 2.08. The monoisotopic (exact) mass is 494 g/mol. The minimum atomic E-state index is -3.92. The van der Waals surface area contributed by atoms with E-state index in [1.807, 2.05) is 6.92 Å². The molecule has 0 bridgehead atoms. The summed E-state index contributed by atoms with van der Waals surface area (Å²) >= 11 is 0. The van der Waals surface area contributed by atoms with E-state index in [9.17, 15) is 30.7 Å². The number of ether oxygens (including phenoxy) is 4. The van der Waals surface area contributed by atoms with Crippen molar-refractivity contribution in [1.29, 1.82) is 0 Å². The quantitative estimate of drug-likeness (QED) is 0.288. The predicted molar refractivity (Wildman–Crippen MR) is 107 cm³/mol. The highest BCUT2D eigenvalue weighted by atomic mass is 19.3. The van der Waals surface area contributed by atoms with E-state index in [2.05, 4.69) is 9.47 Å². The number of rotatable bonds is 9. The van der Waals surface area contributed by atoms with Crippen LogP contribution in [0.1, 0.15) is 19.8 Å². The zero-order chi connectivity index (χ0) is 24.9. The molecule has 1 heterocycles. The van der Waals surface area contributed by atoms with E-state index < -0.39 is 47.8 Å². The summed E-state index contributed by atoms with van der Waals surface area (Å²) in [6, 6.07) is 4.02. The average Bonchev–Trinajstić information content (AvgIpc) is 2.76. The molecule has 1 aliphatic heterocycles. The number of hydrogen-bond acceptors (Lipinski definition) is 4. The van der Waals surface area contributed by atoms with Crippen molar-refractivity contribution in [2.45, 2.75) is 38.6 Å². The summed E-state index contributed by atoms with van der Waals surface area (Å²) in [5, 5.41) is 0. The molecule has 0 unspecified atom stereocenters. The van der Waals surface area contributed by atoms with Crippen molar-refractivity contribution in [2.75, 3.05) is 13.2 Å². The maximum Gasteiger partial charge on any atom is 0.451 e. The van der Waals surface area contributed by atoms with Crippen LogP contribution in [0, 0.1) is 23.4 Å². The molecule has 0 spiro atoms. The number of allylic oxidation sites excluding steroid dienone is 1. The summed E-state index contributed by atoms with van der Waals surface area (Å²) in [7, 11) is 0. The second-order valence-electron chi connectivity index (χ2n) is 7.51. The summed E-state index contributed by atoms with van der Waals surface area (Å²) in [6.07, 6.45) is -6.49. The molecule has 0 aromatic heterocycles. The SMILES string of the molecule is CCCC1COC(C(F)(F)Oc2ccc(-c3cc(F)c(O/C=C/C(F)F)c(F)c3)c(F)c2)OC1. The molecule has 0 aliphatic carbocycles. The Balaban J connectivity index is 1.72. The second kappa shape index (κ2) is 11.1. The highest BCUT2D eigenvalue weighted by molar-refractivity contribution is 5.66. The lowest BCUT2D eigenvalue weighted by Crippen LogP contribution is -2.47. The van der Waals surface area contributed by atoms with Crippen LogP contribution in [0.5, 0.6) is 11.5 Å². The van der Waals surface area contributed by atoms with E-state index in [0.717, 1.165) is 25.0 Å². The van der Waals surface area contributed by atoms with Crippen LogP contribution in [0.15, 0.2) is 42.7 Å².